The Kier molecular flexibility index (Phi) is 28.4. The molecule has 428 valence electrons. The van der Waals surface area contributed by atoms with E-state index >= 15 is 0 Å². The van der Waals surface area contributed by atoms with Gasteiger partial charge in [0.1, 0.15) is 52.1 Å². The van der Waals surface area contributed by atoms with Crippen LogP contribution in [0.2, 0.25) is 0 Å². The molecule has 0 fully saturated rings. The third-order valence-corrected chi connectivity index (χ3v) is 13.6. The number of hydrogen-bond donors (Lipinski definition) is 16. The van der Waals surface area contributed by atoms with Gasteiger partial charge in [-0.3, -0.25) is 39.0 Å². The lowest BCUT2D eigenvalue weighted by molar-refractivity contribution is -0.136. The maximum atomic E-state index is 14.4. The zero-order valence-corrected chi connectivity index (χ0v) is 45.9. The van der Waals surface area contributed by atoms with E-state index in [9.17, 15) is 59.1 Å². The number of guanidine groups is 1. The molecular weight excluding hydrogens is 1050 g/mol. The summed E-state index contributed by atoms with van der Waals surface area (Å²) in [6.45, 7) is 6.70. The second kappa shape index (κ2) is 33.9. The van der Waals surface area contributed by atoms with E-state index in [2.05, 4.69) is 47.4 Å². The third kappa shape index (κ3) is 22.9. The second-order valence-electron chi connectivity index (χ2n) is 18.6. The molecule has 24 nitrogen and oxygen atoms in total. The number of aliphatic hydroxyl groups excluding tert-OH is 3. The fraction of sp³-hybridized carbons (Fsp3) is 0.481. The minimum absolute atomic E-state index is 0.0280. The fourth-order valence-corrected chi connectivity index (χ4v) is 8.91. The zero-order valence-electron chi connectivity index (χ0n) is 44.3. The van der Waals surface area contributed by atoms with Gasteiger partial charge in [0.05, 0.1) is 25.9 Å². The molecule has 78 heavy (non-hydrogen) atoms. The largest absolute Gasteiger partial charge is 0.508 e. The Morgan fingerprint density at radius 1 is 0.603 bits per heavy atom. The molecule has 0 aromatic heterocycles. The van der Waals surface area contributed by atoms with Crippen LogP contribution in [-0.4, -0.2) is 164 Å². The molecule has 0 spiro atoms. The minimum Gasteiger partial charge on any atom is -0.508 e. The van der Waals surface area contributed by atoms with Gasteiger partial charge in [-0.15, -0.1) is 0 Å². The molecule has 3 aromatic rings. The number of nitrogens with zero attached hydrogens (tertiary/aromatic N) is 1. The summed E-state index contributed by atoms with van der Waals surface area (Å²) in [5.74, 6) is -6.29. The van der Waals surface area contributed by atoms with Gasteiger partial charge in [0.2, 0.25) is 41.4 Å². The van der Waals surface area contributed by atoms with Gasteiger partial charge < -0.3 is 84.4 Å². The van der Waals surface area contributed by atoms with Gasteiger partial charge in [-0.25, -0.2) is 0 Å². The van der Waals surface area contributed by atoms with Crippen molar-refractivity contribution in [2.45, 2.75) is 114 Å². The van der Waals surface area contributed by atoms with Crippen molar-refractivity contribution < 1.29 is 59.1 Å². The summed E-state index contributed by atoms with van der Waals surface area (Å²) in [5, 5.41) is 77.9. The lowest BCUT2D eigenvalue weighted by Gasteiger charge is -2.27. The standard InChI is InChI=1S/C52H76N12O12S2/c1-5-64(6-2)52(77)78-29-33-9-16-34(17-10-33)57-46(72)39(24-30(3)4)59-48(74)42(27-66)62-45(71)38(22-15-31-11-18-35(68)19-12-31)58-47(73)40(25-32-13-20-36(69)21-14-32)60-49(75)43(28-67)63-50(76)41(26-65)61-44(70)37(53)8-7-23-56-51(54)55/h9-14,16-21,30,37-43,65-69H,5-8,15,22-29,53H2,1-4H3,(H,57,72)(H,58,73)(H,59,74)(H,60,75)(H,61,70)(H,62,71)(H,63,76)(H4,54,55,56)/t37-,38-,39-,40-,41-,42-,43-/m1/s1. The quantitative estimate of drug-likeness (QED) is 0.0159. The topological polar surface area (TPSA) is 396 Å². The number of aliphatic hydroxyl groups is 3. The van der Waals surface area contributed by atoms with Crippen molar-refractivity contribution in [2.24, 2.45) is 17.4 Å². The molecule has 0 heterocycles. The molecule has 0 radical (unpaired) electrons. The SMILES string of the molecule is CCN(CC)C(=S)SCc1ccc(NC(=O)[C@@H](CC(C)C)NC(=O)[C@@H](CO)NC(=O)[C@@H](CCc2ccc(O)cc2)NC(=O)[C@@H](Cc2ccc(O)cc2)NC(=O)[C@@H](CO)NC(=O)[C@@H](CO)NC(=O)[C@H](N)CCCNC(=N)N)cc1. The number of thioether (sulfide) groups is 1. The molecule has 0 aliphatic rings. The van der Waals surface area contributed by atoms with Crippen LogP contribution in [0.1, 0.15) is 70.1 Å². The molecule has 0 saturated carbocycles. The van der Waals surface area contributed by atoms with Gasteiger partial charge in [0, 0.05) is 37.5 Å². The van der Waals surface area contributed by atoms with Crippen LogP contribution >= 0.6 is 24.0 Å². The van der Waals surface area contributed by atoms with Crippen molar-refractivity contribution in [2.75, 3.05) is 44.8 Å². The van der Waals surface area contributed by atoms with Crippen LogP contribution in [-0.2, 0) is 52.2 Å². The molecule has 7 amide bonds. The number of phenolic OH excluding ortho intramolecular Hbond substituents is 2. The number of thiocarbonyl (C=S) groups is 1. The Balaban J connectivity index is 1.83. The van der Waals surface area contributed by atoms with Gasteiger partial charge in [-0.1, -0.05) is 74.2 Å². The van der Waals surface area contributed by atoms with Gasteiger partial charge in [-0.05, 0) is 105 Å². The molecule has 18 N–H and O–H groups in total. The second-order valence-corrected chi connectivity index (χ2v) is 20.2. The Morgan fingerprint density at radius 3 is 1.53 bits per heavy atom. The van der Waals surface area contributed by atoms with E-state index in [1.807, 2.05) is 39.8 Å². The number of carbonyl (C=O) groups is 7. The number of rotatable bonds is 32. The Bertz CT molecular complexity index is 2450. The number of nitrogens with one attached hydrogen (secondary N) is 9. The summed E-state index contributed by atoms with van der Waals surface area (Å²) in [5.41, 5.74) is 13.7. The highest BCUT2D eigenvalue weighted by molar-refractivity contribution is 8.22. The molecule has 0 aliphatic heterocycles. The van der Waals surface area contributed by atoms with E-state index < -0.39 is 103 Å². The van der Waals surface area contributed by atoms with Crippen LogP contribution < -0.4 is 54.0 Å². The van der Waals surface area contributed by atoms with Crippen molar-refractivity contribution in [3.63, 3.8) is 0 Å². The predicted molar refractivity (Wildman–Crippen MR) is 300 cm³/mol. The number of benzene rings is 3. The van der Waals surface area contributed by atoms with E-state index in [-0.39, 0.29) is 62.0 Å². The van der Waals surface area contributed by atoms with E-state index in [1.54, 1.807) is 24.3 Å². The van der Waals surface area contributed by atoms with Crippen LogP contribution in [0.15, 0.2) is 72.8 Å². The van der Waals surface area contributed by atoms with Crippen molar-refractivity contribution in [3.05, 3.63) is 89.5 Å². The number of aromatic hydroxyl groups is 2. The molecule has 0 aliphatic carbocycles. The molecule has 0 bridgehead atoms. The average molecular weight is 1130 g/mol. The summed E-state index contributed by atoms with van der Waals surface area (Å²) >= 11 is 7.07. The molecule has 26 heteroatoms. The molecule has 7 atom stereocenters. The maximum absolute atomic E-state index is 14.4. The van der Waals surface area contributed by atoms with E-state index in [4.69, 9.17) is 29.1 Å². The lowest BCUT2D eigenvalue weighted by Crippen LogP contribution is -2.61. The normalized spacial score (nSPS) is 13.7. The highest BCUT2D eigenvalue weighted by Gasteiger charge is 2.34. The fourth-order valence-electron chi connectivity index (χ4n) is 7.55. The smallest absolute Gasteiger partial charge is 0.246 e. The molecule has 0 unspecified atom stereocenters. The number of phenols is 2. The van der Waals surface area contributed by atoms with Crippen LogP contribution in [0.5, 0.6) is 11.5 Å². The van der Waals surface area contributed by atoms with E-state index in [0.717, 1.165) is 23.0 Å². The lowest BCUT2D eigenvalue weighted by atomic mass is 10.0. The Morgan fingerprint density at radius 2 is 1.04 bits per heavy atom. The first-order valence-electron chi connectivity index (χ1n) is 25.5. The predicted octanol–water partition coefficient (Wildman–Crippen LogP) is -0.706. The first-order chi connectivity index (χ1) is 37.1. The number of aryl methyl sites for hydroxylation is 1. The van der Waals surface area contributed by atoms with Gasteiger partial charge in [-0.2, -0.15) is 0 Å². The first-order valence-corrected chi connectivity index (χ1v) is 26.9. The summed E-state index contributed by atoms with van der Waals surface area (Å²) in [7, 11) is 0. The van der Waals surface area contributed by atoms with E-state index in [1.165, 1.54) is 48.2 Å². The molecule has 3 aromatic carbocycles. The van der Waals surface area contributed by atoms with Crippen LogP contribution in [0.3, 0.4) is 0 Å². The van der Waals surface area contributed by atoms with E-state index in [0.29, 0.717) is 29.0 Å². The van der Waals surface area contributed by atoms with Crippen molar-refractivity contribution in [3.8, 4) is 11.5 Å². The van der Waals surface area contributed by atoms with Crippen molar-refractivity contribution in [1.29, 1.82) is 5.41 Å². The number of nitrogens with two attached hydrogens (primary N) is 2. The molecule has 3 rings (SSSR count). The molecule has 0 saturated heterocycles. The van der Waals surface area contributed by atoms with Crippen LogP contribution in [0.25, 0.3) is 0 Å². The average Bonchev–Trinajstić information content (AvgIpc) is 3.41. The number of amides is 7. The number of carbonyl (C=O) groups excluding carboxylic acids is 7. The summed E-state index contributed by atoms with van der Waals surface area (Å²) in [6, 6.07) is 8.44. The Labute approximate surface area is 463 Å². The maximum Gasteiger partial charge on any atom is 0.246 e. The summed E-state index contributed by atoms with van der Waals surface area (Å²) < 4.78 is 0.782. The number of anilines is 1. The summed E-state index contributed by atoms with van der Waals surface area (Å²) in [6.07, 6.45) is 0.320. The number of hydrogen-bond acceptors (Lipinski definition) is 16. The van der Waals surface area contributed by atoms with Gasteiger partial charge in [0.15, 0.2) is 5.96 Å². The monoisotopic (exact) mass is 1120 g/mol. The van der Waals surface area contributed by atoms with Gasteiger partial charge >= 0.3 is 0 Å². The van der Waals surface area contributed by atoms with Crippen molar-refractivity contribution in [1.82, 2.24) is 42.1 Å². The zero-order chi connectivity index (χ0) is 57.9. The highest BCUT2D eigenvalue weighted by atomic mass is 32.2. The Hall–Kier alpha value is -7.10. The summed E-state index contributed by atoms with van der Waals surface area (Å²) in [4.78, 5) is 98.1. The van der Waals surface area contributed by atoms with Crippen molar-refractivity contribution >= 4 is 81.3 Å². The third-order valence-electron chi connectivity index (χ3n) is 12.0. The van der Waals surface area contributed by atoms with Gasteiger partial charge in [0.25, 0.3) is 0 Å². The minimum atomic E-state index is -1.76. The molecular formula is C52H76N12O12S2. The highest BCUT2D eigenvalue weighted by Crippen LogP contribution is 2.20. The van der Waals surface area contributed by atoms with Crippen LogP contribution in [0, 0.1) is 11.3 Å². The first kappa shape index (κ1) is 65.2. The van der Waals surface area contributed by atoms with Crippen LogP contribution in [0.4, 0.5) is 5.69 Å².